The van der Waals surface area contributed by atoms with Crippen molar-refractivity contribution in [3.05, 3.63) is 29.5 Å². The molecule has 17 heavy (non-hydrogen) atoms. The molecule has 2 N–H and O–H groups in total. The van der Waals surface area contributed by atoms with Gasteiger partial charge in [0.25, 0.3) is 0 Å². The fraction of sp³-hybridized carbons (Fsp3) is 0.429. The van der Waals surface area contributed by atoms with Crippen LogP contribution in [-0.4, -0.2) is 13.7 Å². The van der Waals surface area contributed by atoms with E-state index in [9.17, 15) is 0 Å². The summed E-state index contributed by atoms with van der Waals surface area (Å²) in [4.78, 5) is 0. The second-order valence-electron chi connectivity index (χ2n) is 4.94. The van der Waals surface area contributed by atoms with E-state index in [-0.39, 0.29) is 5.41 Å². The molecule has 1 saturated carbocycles. The smallest absolute Gasteiger partial charge is 0.176 e. The molecule has 3 heteroatoms. The van der Waals surface area contributed by atoms with Crippen molar-refractivity contribution < 1.29 is 9.15 Å². The van der Waals surface area contributed by atoms with Gasteiger partial charge in [0, 0.05) is 17.3 Å². The van der Waals surface area contributed by atoms with E-state index in [1.165, 1.54) is 18.4 Å². The van der Waals surface area contributed by atoms with Gasteiger partial charge in [-0.2, -0.15) is 0 Å². The first-order chi connectivity index (χ1) is 8.18. The van der Waals surface area contributed by atoms with Crippen molar-refractivity contribution >= 4 is 11.0 Å². The third kappa shape index (κ3) is 1.53. The Labute approximate surface area is 101 Å². The van der Waals surface area contributed by atoms with Crippen LogP contribution < -0.4 is 10.5 Å². The van der Waals surface area contributed by atoms with Crippen molar-refractivity contribution in [2.24, 2.45) is 5.73 Å². The number of nitrogens with two attached hydrogens (primary N) is 1. The molecule has 1 aliphatic carbocycles. The zero-order chi connectivity index (χ0) is 12.0. The van der Waals surface area contributed by atoms with Gasteiger partial charge in [0.05, 0.1) is 7.11 Å². The number of benzene rings is 1. The minimum Gasteiger partial charge on any atom is -0.493 e. The second-order valence-corrected chi connectivity index (χ2v) is 4.94. The van der Waals surface area contributed by atoms with Crippen LogP contribution in [0.5, 0.6) is 5.75 Å². The van der Waals surface area contributed by atoms with Crippen molar-refractivity contribution in [2.45, 2.75) is 25.2 Å². The summed E-state index contributed by atoms with van der Waals surface area (Å²) >= 11 is 0. The van der Waals surface area contributed by atoms with E-state index >= 15 is 0 Å². The molecule has 0 atom stereocenters. The molecule has 0 bridgehead atoms. The molecule has 1 aliphatic rings. The topological polar surface area (TPSA) is 48.4 Å². The number of rotatable bonds is 3. The Morgan fingerprint density at radius 3 is 2.71 bits per heavy atom. The molecule has 0 saturated heterocycles. The summed E-state index contributed by atoms with van der Waals surface area (Å²) in [6, 6.07) is 6.31. The van der Waals surface area contributed by atoms with Gasteiger partial charge >= 0.3 is 0 Å². The highest BCUT2D eigenvalue weighted by atomic mass is 16.5. The first-order valence-electron chi connectivity index (χ1n) is 5.97. The van der Waals surface area contributed by atoms with E-state index in [1.54, 1.807) is 7.11 Å². The highest BCUT2D eigenvalue weighted by Gasteiger charge is 2.43. The second kappa shape index (κ2) is 3.50. The number of ether oxygens (including phenoxy) is 1. The molecule has 0 unspecified atom stereocenters. The Hall–Kier alpha value is -1.48. The monoisotopic (exact) mass is 231 g/mol. The lowest BCUT2D eigenvalue weighted by atomic mass is 9.95. The van der Waals surface area contributed by atoms with Crippen LogP contribution >= 0.6 is 0 Å². The van der Waals surface area contributed by atoms with E-state index in [0.29, 0.717) is 6.54 Å². The van der Waals surface area contributed by atoms with Crippen LogP contribution in [-0.2, 0) is 5.41 Å². The lowest BCUT2D eigenvalue weighted by Gasteiger charge is -2.14. The van der Waals surface area contributed by atoms with E-state index in [2.05, 4.69) is 12.1 Å². The van der Waals surface area contributed by atoms with E-state index in [1.807, 2.05) is 13.0 Å². The number of aryl methyl sites for hydroxylation is 1. The van der Waals surface area contributed by atoms with Crippen molar-refractivity contribution in [3.63, 3.8) is 0 Å². The summed E-state index contributed by atoms with van der Waals surface area (Å²) in [5.41, 5.74) is 8.18. The molecule has 0 amide bonds. The van der Waals surface area contributed by atoms with Crippen molar-refractivity contribution in [1.82, 2.24) is 0 Å². The van der Waals surface area contributed by atoms with Crippen LogP contribution in [0.25, 0.3) is 11.0 Å². The number of fused-ring (bicyclic) bond motifs is 1. The Morgan fingerprint density at radius 2 is 2.12 bits per heavy atom. The van der Waals surface area contributed by atoms with Crippen LogP contribution in [0.3, 0.4) is 0 Å². The summed E-state index contributed by atoms with van der Waals surface area (Å²) in [5.74, 6) is 1.72. The molecule has 1 aromatic heterocycles. The van der Waals surface area contributed by atoms with Crippen molar-refractivity contribution in [1.29, 1.82) is 0 Å². The summed E-state index contributed by atoms with van der Waals surface area (Å²) < 4.78 is 11.1. The maximum atomic E-state index is 5.88. The molecule has 3 nitrogen and oxygen atoms in total. The van der Waals surface area contributed by atoms with Crippen LogP contribution in [0.2, 0.25) is 0 Å². The van der Waals surface area contributed by atoms with Gasteiger partial charge in [-0.3, -0.25) is 0 Å². The maximum absolute atomic E-state index is 5.88. The highest BCUT2D eigenvalue weighted by molar-refractivity contribution is 5.85. The lowest BCUT2D eigenvalue weighted by Crippen LogP contribution is -2.19. The summed E-state index contributed by atoms with van der Waals surface area (Å²) in [6.45, 7) is 2.66. The van der Waals surface area contributed by atoms with Crippen LogP contribution in [0.1, 0.15) is 24.2 Å². The third-order valence-corrected chi connectivity index (χ3v) is 3.78. The molecule has 1 fully saturated rings. The van der Waals surface area contributed by atoms with Crippen LogP contribution in [0.4, 0.5) is 0 Å². The molecule has 2 aromatic rings. The average Bonchev–Trinajstić information content (AvgIpc) is 3.04. The Balaban J connectivity index is 2.21. The first kappa shape index (κ1) is 10.7. The van der Waals surface area contributed by atoms with Gasteiger partial charge in [0.15, 0.2) is 11.3 Å². The predicted octanol–water partition coefficient (Wildman–Crippen LogP) is 2.74. The van der Waals surface area contributed by atoms with Gasteiger partial charge in [-0.1, -0.05) is 0 Å². The van der Waals surface area contributed by atoms with Gasteiger partial charge in [-0.25, -0.2) is 0 Å². The molecule has 0 aliphatic heterocycles. The number of furan rings is 1. The molecular formula is C14H17NO2. The van der Waals surface area contributed by atoms with Crippen LogP contribution in [0, 0.1) is 6.92 Å². The number of hydrogen-bond acceptors (Lipinski definition) is 3. The zero-order valence-electron chi connectivity index (χ0n) is 10.2. The highest BCUT2D eigenvalue weighted by Crippen LogP contribution is 2.49. The lowest BCUT2D eigenvalue weighted by molar-refractivity contribution is 0.407. The van der Waals surface area contributed by atoms with Gasteiger partial charge in [-0.05, 0) is 43.5 Å². The predicted molar refractivity (Wildman–Crippen MR) is 67.5 cm³/mol. The maximum Gasteiger partial charge on any atom is 0.176 e. The summed E-state index contributed by atoms with van der Waals surface area (Å²) in [6.07, 6.45) is 2.35. The van der Waals surface area contributed by atoms with Gasteiger partial charge in [-0.15, -0.1) is 0 Å². The summed E-state index contributed by atoms with van der Waals surface area (Å²) in [5, 5.41) is 1.11. The Bertz CT molecular complexity index is 567. The fourth-order valence-corrected chi connectivity index (χ4v) is 2.47. The molecular weight excluding hydrogens is 214 g/mol. The standard InChI is InChI=1S/C14H17NO2/c1-9-5-10-6-11(14(8-15)3-4-14)7-12(16-2)13(10)17-9/h5-7H,3-4,8,15H2,1-2H3. The molecule has 0 spiro atoms. The third-order valence-electron chi connectivity index (χ3n) is 3.78. The fourth-order valence-electron chi connectivity index (χ4n) is 2.47. The molecule has 3 rings (SSSR count). The minimum absolute atomic E-state index is 0.187. The minimum atomic E-state index is 0.187. The van der Waals surface area contributed by atoms with Crippen LogP contribution in [0.15, 0.2) is 22.6 Å². The molecule has 1 heterocycles. The number of hydrogen-bond donors (Lipinski definition) is 1. The van der Waals surface area contributed by atoms with Crippen molar-refractivity contribution in [3.8, 4) is 5.75 Å². The zero-order valence-corrected chi connectivity index (χ0v) is 10.2. The van der Waals surface area contributed by atoms with Gasteiger partial charge in [0.2, 0.25) is 0 Å². The van der Waals surface area contributed by atoms with Crippen molar-refractivity contribution in [2.75, 3.05) is 13.7 Å². The van der Waals surface area contributed by atoms with E-state index in [0.717, 1.165) is 22.5 Å². The quantitative estimate of drug-likeness (QED) is 0.883. The molecule has 1 aromatic carbocycles. The van der Waals surface area contributed by atoms with Gasteiger partial charge < -0.3 is 14.9 Å². The number of methoxy groups -OCH3 is 1. The SMILES string of the molecule is COc1cc(C2(CN)CC2)cc2cc(C)oc12. The first-order valence-corrected chi connectivity index (χ1v) is 5.97. The largest absolute Gasteiger partial charge is 0.493 e. The summed E-state index contributed by atoms with van der Waals surface area (Å²) in [7, 11) is 1.68. The molecule has 90 valence electrons. The normalized spacial score (nSPS) is 17.4. The molecule has 0 radical (unpaired) electrons. The Morgan fingerprint density at radius 1 is 1.35 bits per heavy atom. The van der Waals surface area contributed by atoms with E-state index in [4.69, 9.17) is 14.9 Å². The van der Waals surface area contributed by atoms with E-state index < -0.39 is 0 Å². The Kier molecular flexibility index (Phi) is 2.20. The van der Waals surface area contributed by atoms with Gasteiger partial charge in [0.1, 0.15) is 5.76 Å². The average molecular weight is 231 g/mol.